The molecule has 0 unspecified atom stereocenters. The zero-order valence-electron chi connectivity index (χ0n) is 10.1. The van der Waals surface area contributed by atoms with Gasteiger partial charge in [0.1, 0.15) is 11.6 Å². The fourth-order valence-electron chi connectivity index (χ4n) is 1.28. The summed E-state index contributed by atoms with van der Waals surface area (Å²) in [7, 11) is 0. The van der Waals surface area contributed by atoms with Gasteiger partial charge in [0.15, 0.2) is 6.61 Å². The zero-order chi connectivity index (χ0) is 14.4. The van der Waals surface area contributed by atoms with Crippen LogP contribution in [0.5, 0.6) is 0 Å². The van der Waals surface area contributed by atoms with Gasteiger partial charge in [0.05, 0.1) is 5.56 Å². The minimum atomic E-state index is -0.646. The lowest BCUT2D eigenvalue weighted by molar-refractivity contribution is -0.118. The number of carbonyl (C=O) groups excluding carboxylic acids is 2. The lowest BCUT2D eigenvalue weighted by atomic mass is 10.1. The number of nitrogens with two attached hydrogens (primary N) is 1. The maximum Gasteiger partial charge on any atom is 0.339 e. The SMILES string of the molecule is C/C(N)=C(\C#N)C(=O)COC(=O)c1ccccc1Br. The van der Waals surface area contributed by atoms with Crippen LogP contribution < -0.4 is 5.73 Å². The molecule has 0 saturated carbocycles. The van der Waals surface area contributed by atoms with Crippen molar-refractivity contribution >= 4 is 27.7 Å². The number of Topliss-reactive ketones (excluding diaryl/α,β-unsaturated/α-hetero) is 1. The number of esters is 1. The number of ketones is 1. The number of hydrogen-bond acceptors (Lipinski definition) is 5. The Hall–Kier alpha value is -2.13. The topological polar surface area (TPSA) is 93.2 Å². The molecule has 0 fully saturated rings. The minimum absolute atomic E-state index is 0.101. The molecule has 5 nitrogen and oxygen atoms in total. The number of nitriles is 1. The molecule has 0 aliphatic rings. The average molecular weight is 323 g/mol. The summed E-state index contributed by atoms with van der Waals surface area (Å²) in [4.78, 5) is 23.3. The van der Waals surface area contributed by atoms with Gasteiger partial charge < -0.3 is 10.5 Å². The van der Waals surface area contributed by atoms with Gasteiger partial charge in [0, 0.05) is 10.2 Å². The van der Waals surface area contributed by atoms with E-state index in [1.807, 2.05) is 0 Å². The molecule has 98 valence electrons. The first-order chi connectivity index (χ1) is 8.97. The van der Waals surface area contributed by atoms with Crippen LogP contribution >= 0.6 is 15.9 Å². The maximum absolute atomic E-state index is 11.7. The van der Waals surface area contributed by atoms with Crippen molar-refractivity contribution in [2.45, 2.75) is 6.92 Å². The Bertz CT molecular complexity index is 584. The molecular weight excluding hydrogens is 312 g/mol. The van der Waals surface area contributed by atoms with Crippen LogP contribution in [-0.4, -0.2) is 18.4 Å². The van der Waals surface area contributed by atoms with Gasteiger partial charge in [-0.2, -0.15) is 5.26 Å². The van der Waals surface area contributed by atoms with Gasteiger partial charge in [-0.3, -0.25) is 4.79 Å². The zero-order valence-corrected chi connectivity index (χ0v) is 11.7. The second-order valence-electron chi connectivity index (χ2n) is 3.65. The molecule has 6 heteroatoms. The Balaban J connectivity index is 2.72. The van der Waals surface area contributed by atoms with Crippen molar-refractivity contribution in [1.29, 1.82) is 5.26 Å². The molecular formula is C13H11BrN2O3. The largest absolute Gasteiger partial charge is 0.454 e. The van der Waals surface area contributed by atoms with Crippen molar-refractivity contribution in [2.24, 2.45) is 5.73 Å². The third-order valence-corrected chi connectivity index (χ3v) is 2.90. The van der Waals surface area contributed by atoms with E-state index < -0.39 is 18.4 Å². The quantitative estimate of drug-likeness (QED) is 0.519. The van der Waals surface area contributed by atoms with Crippen LogP contribution in [0.15, 0.2) is 40.0 Å². The van der Waals surface area contributed by atoms with Crippen molar-refractivity contribution in [3.05, 3.63) is 45.6 Å². The van der Waals surface area contributed by atoms with Gasteiger partial charge in [0.2, 0.25) is 5.78 Å². The number of carbonyl (C=O) groups is 2. The van der Waals surface area contributed by atoms with Crippen molar-refractivity contribution in [1.82, 2.24) is 0 Å². The predicted molar refractivity (Wildman–Crippen MR) is 71.9 cm³/mol. The molecule has 0 spiro atoms. The lowest BCUT2D eigenvalue weighted by Crippen LogP contribution is -2.17. The molecule has 1 aromatic rings. The van der Waals surface area contributed by atoms with Crippen molar-refractivity contribution in [3.63, 3.8) is 0 Å². The van der Waals surface area contributed by atoms with Crippen LogP contribution in [0.1, 0.15) is 17.3 Å². The summed E-state index contributed by atoms with van der Waals surface area (Å²) in [5.41, 5.74) is 5.59. The number of nitrogens with zero attached hydrogens (tertiary/aromatic N) is 1. The summed E-state index contributed by atoms with van der Waals surface area (Å²) < 4.78 is 5.41. The maximum atomic E-state index is 11.7. The van der Waals surface area contributed by atoms with Crippen LogP contribution in [0.2, 0.25) is 0 Å². The minimum Gasteiger partial charge on any atom is -0.454 e. The van der Waals surface area contributed by atoms with E-state index in [1.54, 1.807) is 30.3 Å². The monoisotopic (exact) mass is 322 g/mol. The van der Waals surface area contributed by atoms with Crippen LogP contribution in [-0.2, 0) is 9.53 Å². The van der Waals surface area contributed by atoms with Crippen molar-refractivity contribution in [3.8, 4) is 6.07 Å². The number of rotatable bonds is 4. The standard InChI is InChI=1S/C13H11BrN2O3/c1-8(16)10(6-15)12(17)7-19-13(18)9-4-2-3-5-11(9)14/h2-5H,7,16H2,1H3/b10-8-. The van der Waals surface area contributed by atoms with Gasteiger partial charge in [-0.1, -0.05) is 12.1 Å². The summed E-state index contributed by atoms with van der Waals surface area (Å²) in [5.74, 6) is -1.27. The first-order valence-electron chi connectivity index (χ1n) is 5.28. The molecule has 0 bridgehead atoms. The predicted octanol–water partition coefficient (Wildman–Crippen LogP) is 1.93. The number of hydrogen-bond donors (Lipinski definition) is 1. The highest BCUT2D eigenvalue weighted by Crippen LogP contribution is 2.16. The molecule has 19 heavy (non-hydrogen) atoms. The van der Waals surface area contributed by atoms with Crippen LogP contribution in [0.25, 0.3) is 0 Å². The average Bonchev–Trinajstić information content (AvgIpc) is 2.37. The fourth-order valence-corrected chi connectivity index (χ4v) is 1.72. The van der Waals surface area contributed by atoms with E-state index in [2.05, 4.69) is 15.9 Å². The van der Waals surface area contributed by atoms with Gasteiger partial charge in [-0.25, -0.2) is 4.79 Å². The van der Waals surface area contributed by atoms with E-state index in [9.17, 15) is 9.59 Å². The Morgan fingerprint density at radius 1 is 1.42 bits per heavy atom. The molecule has 0 aromatic heterocycles. The number of benzene rings is 1. The molecule has 0 saturated heterocycles. The summed E-state index contributed by atoms with van der Waals surface area (Å²) >= 11 is 3.20. The first kappa shape index (κ1) is 14.9. The summed E-state index contributed by atoms with van der Waals surface area (Å²) in [6.45, 7) is 0.920. The van der Waals surface area contributed by atoms with E-state index in [4.69, 9.17) is 15.7 Å². The molecule has 0 amide bonds. The van der Waals surface area contributed by atoms with Crippen molar-refractivity contribution in [2.75, 3.05) is 6.61 Å². The molecule has 1 aromatic carbocycles. The van der Waals surface area contributed by atoms with E-state index in [-0.39, 0.29) is 11.3 Å². The van der Waals surface area contributed by atoms with Crippen LogP contribution in [0, 0.1) is 11.3 Å². The van der Waals surface area contributed by atoms with Gasteiger partial charge in [0.25, 0.3) is 0 Å². The molecule has 0 heterocycles. The summed E-state index contributed by atoms with van der Waals surface area (Å²) in [5, 5.41) is 8.74. The van der Waals surface area contributed by atoms with Crippen LogP contribution in [0.4, 0.5) is 0 Å². The second-order valence-corrected chi connectivity index (χ2v) is 4.50. The second kappa shape index (κ2) is 6.71. The van der Waals surface area contributed by atoms with Gasteiger partial charge >= 0.3 is 5.97 Å². The molecule has 0 aliphatic heterocycles. The third kappa shape index (κ3) is 3.93. The molecule has 2 N–H and O–H groups in total. The smallest absolute Gasteiger partial charge is 0.339 e. The first-order valence-corrected chi connectivity index (χ1v) is 6.08. The highest BCUT2D eigenvalue weighted by Gasteiger charge is 2.16. The summed E-state index contributed by atoms with van der Waals surface area (Å²) in [6.07, 6.45) is 0. The van der Waals surface area contributed by atoms with E-state index in [1.165, 1.54) is 6.92 Å². The highest BCUT2D eigenvalue weighted by atomic mass is 79.9. The van der Waals surface area contributed by atoms with Gasteiger partial charge in [-0.15, -0.1) is 0 Å². The van der Waals surface area contributed by atoms with Crippen molar-refractivity contribution < 1.29 is 14.3 Å². The molecule has 1 rings (SSSR count). The fraction of sp³-hybridized carbons (Fsp3) is 0.154. The molecule has 0 radical (unpaired) electrons. The molecule has 0 aliphatic carbocycles. The normalized spacial score (nSPS) is 11.2. The number of halogens is 1. The molecule has 0 atom stereocenters. The Kier molecular flexibility index (Phi) is 5.27. The van der Waals surface area contributed by atoms with Crippen LogP contribution in [0.3, 0.4) is 0 Å². The Morgan fingerprint density at radius 2 is 2.05 bits per heavy atom. The van der Waals surface area contributed by atoms with E-state index >= 15 is 0 Å². The van der Waals surface area contributed by atoms with Gasteiger partial charge in [-0.05, 0) is 35.0 Å². The number of allylic oxidation sites excluding steroid dienone is 1. The lowest BCUT2D eigenvalue weighted by Gasteiger charge is -2.05. The van der Waals surface area contributed by atoms with E-state index in [0.29, 0.717) is 10.0 Å². The highest BCUT2D eigenvalue weighted by molar-refractivity contribution is 9.10. The third-order valence-electron chi connectivity index (χ3n) is 2.21. The van der Waals surface area contributed by atoms with E-state index in [0.717, 1.165) is 0 Å². The Labute approximate surface area is 118 Å². The summed E-state index contributed by atoms with van der Waals surface area (Å²) in [6, 6.07) is 8.35. The Morgan fingerprint density at radius 3 is 2.58 bits per heavy atom. The number of ether oxygens (including phenoxy) is 1.